The summed E-state index contributed by atoms with van der Waals surface area (Å²) in [7, 11) is 0. The van der Waals surface area contributed by atoms with Crippen LogP contribution in [0.2, 0.25) is 0 Å². The molecule has 1 N–H and O–H groups in total. The summed E-state index contributed by atoms with van der Waals surface area (Å²) in [6.07, 6.45) is 1.71. The first-order chi connectivity index (χ1) is 14.7. The molecule has 11 nitrogen and oxygen atoms in total. The van der Waals surface area contributed by atoms with Crippen molar-refractivity contribution >= 4 is 29.8 Å². The molecular formula is C20H27N4NaO7. The quantitative estimate of drug-likeness (QED) is 0.160. The number of nitrogens with zero attached hydrogens (tertiary/aromatic N) is 3. The van der Waals surface area contributed by atoms with Gasteiger partial charge in [0.15, 0.2) is 0 Å². The number of aliphatic imine (C=N–C) groups is 1. The number of nitrogens with one attached hydrogen (secondary N) is 1. The zero-order valence-electron chi connectivity index (χ0n) is 18.9. The third kappa shape index (κ3) is 10.2. The number of carbonyl (C=O) groups is 4. The zero-order chi connectivity index (χ0) is 23.9. The van der Waals surface area contributed by atoms with Gasteiger partial charge in [0.05, 0.1) is 31.0 Å². The normalized spacial score (nSPS) is 17.6. The van der Waals surface area contributed by atoms with Gasteiger partial charge in [-0.05, 0) is 18.8 Å². The fourth-order valence-corrected chi connectivity index (χ4v) is 2.94. The molecule has 2 unspecified atom stereocenters. The van der Waals surface area contributed by atoms with Crippen molar-refractivity contribution < 1.29 is 63.3 Å². The number of ether oxygens (including phenoxy) is 2. The predicted octanol–water partition coefficient (Wildman–Crippen LogP) is -2.51. The van der Waals surface area contributed by atoms with Crippen molar-refractivity contribution in [3.05, 3.63) is 0 Å². The van der Waals surface area contributed by atoms with E-state index < -0.39 is 41.6 Å². The number of carbonyl (C=O) groups excluding carboxylic acids is 4. The SMILES string of the molecule is CCCC(C)C1(CC)C(=O)N=C([O-])NC1=O.N#CCCOC(=O)CC(=O)OCCC#N.[Na+]. The van der Waals surface area contributed by atoms with Gasteiger partial charge in [0.1, 0.15) is 25.0 Å². The van der Waals surface area contributed by atoms with Crippen LogP contribution in [0.15, 0.2) is 4.99 Å². The maximum Gasteiger partial charge on any atom is 1.00 e. The second kappa shape index (κ2) is 17.1. The Kier molecular flexibility index (Phi) is 17.0. The van der Waals surface area contributed by atoms with E-state index in [1.54, 1.807) is 19.1 Å². The zero-order valence-corrected chi connectivity index (χ0v) is 20.9. The molecule has 0 aromatic heterocycles. The molecular weight excluding hydrogens is 431 g/mol. The van der Waals surface area contributed by atoms with Gasteiger partial charge in [-0.2, -0.15) is 10.5 Å². The minimum absolute atomic E-state index is 0. The number of rotatable bonds is 10. The van der Waals surface area contributed by atoms with Gasteiger partial charge in [-0.15, -0.1) is 0 Å². The van der Waals surface area contributed by atoms with E-state index in [0.29, 0.717) is 6.42 Å². The maximum absolute atomic E-state index is 11.9. The molecule has 12 heteroatoms. The van der Waals surface area contributed by atoms with Gasteiger partial charge >= 0.3 is 41.5 Å². The third-order valence-corrected chi connectivity index (χ3v) is 4.57. The molecule has 2 amide bonds. The standard InChI is InChI=1S/C11H18N2O3.C9H10N2O4.Na/c1-4-6-7(3)11(5-2)8(14)12-10(16)13-9(11)15;10-3-1-5-14-8(12)7-9(13)15-6-2-4-11;/h7H,4-6H2,1-3H3,(H2,12,13,14,15,16);1-2,5-7H2;/q;;+1/p-1. The van der Waals surface area contributed by atoms with Crippen LogP contribution in [0.5, 0.6) is 0 Å². The molecule has 2 atom stereocenters. The molecule has 32 heavy (non-hydrogen) atoms. The number of nitriles is 2. The van der Waals surface area contributed by atoms with Crippen molar-refractivity contribution in [3.63, 3.8) is 0 Å². The molecule has 0 bridgehead atoms. The molecule has 0 aliphatic carbocycles. The summed E-state index contributed by atoms with van der Waals surface area (Å²) in [4.78, 5) is 48.8. The summed E-state index contributed by atoms with van der Waals surface area (Å²) < 4.78 is 9.06. The van der Waals surface area contributed by atoms with Gasteiger partial charge in [0, 0.05) is 0 Å². The van der Waals surface area contributed by atoms with Crippen molar-refractivity contribution in [2.75, 3.05) is 13.2 Å². The Hall–Kier alpha value is -2.47. The van der Waals surface area contributed by atoms with Gasteiger partial charge in [0.2, 0.25) is 5.91 Å². The number of amides is 2. The predicted molar refractivity (Wildman–Crippen MR) is 104 cm³/mol. The minimum atomic E-state index is -1.15. The maximum atomic E-state index is 11.9. The van der Waals surface area contributed by atoms with Gasteiger partial charge in [-0.1, -0.05) is 27.2 Å². The van der Waals surface area contributed by atoms with Gasteiger partial charge < -0.3 is 19.9 Å². The van der Waals surface area contributed by atoms with E-state index in [1.165, 1.54) is 0 Å². The van der Waals surface area contributed by atoms with Crippen LogP contribution in [0, 0.1) is 34.0 Å². The molecule has 0 saturated carbocycles. The van der Waals surface area contributed by atoms with Crippen LogP contribution in [-0.4, -0.2) is 43.0 Å². The number of esters is 2. The second-order valence-electron chi connectivity index (χ2n) is 6.62. The molecule has 0 saturated heterocycles. The molecule has 0 spiro atoms. The first-order valence-corrected chi connectivity index (χ1v) is 9.86. The molecule has 0 fully saturated rings. The minimum Gasteiger partial charge on any atom is -0.846 e. The molecule has 1 aliphatic heterocycles. The van der Waals surface area contributed by atoms with Crippen LogP contribution >= 0.6 is 0 Å². The number of amidine groups is 1. The average molecular weight is 458 g/mol. The Balaban J connectivity index is 0. The van der Waals surface area contributed by atoms with Crippen molar-refractivity contribution in [1.29, 1.82) is 10.5 Å². The largest absolute Gasteiger partial charge is 1.00 e. The molecule has 1 aliphatic rings. The fourth-order valence-electron chi connectivity index (χ4n) is 2.94. The summed E-state index contributed by atoms with van der Waals surface area (Å²) in [6, 6.07) is 2.73. The van der Waals surface area contributed by atoms with E-state index in [-0.39, 0.29) is 61.5 Å². The summed E-state index contributed by atoms with van der Waals surface area (Å²) >= 11 is 0. The van der Waals surface area contributed by atoms with E-state index in [0.717, 1.165) is 12.8 Å². The molecule has 1 rings (SSSR count). The van der Waals surface area contributed by atoms with E-state index >= 15 is 0 Å². The smallest absolute Gasteiger partial charge is 0.846 e. The first kappa shape index (κ1) is 31.7. The van der Waals surface area contributed by atoms with Gasteiger partial charge in [-0.3, -0.25) is 19.2 Å². The van der Waals surface area contributed by atoms with Crippen LogP contribution in [-0.2, 0) is 28.7 Å². The van der Waals surface area contributed by atoms with Crippen LogP contribution in [0.3, 0.4) is 0 Å². The van der Waals surface area contributed by atoms with Crippen molar-refractivity contribution in [3.8, 4) is 12.1 Å². The van der Waals surface area contributed by atoms with Crippen molar-refractivity contribution in [2.45, 2.75) is 59.3 Å². The van der Waals surface area contributed by atoms with Crippen molar-refractivity contribution in [1.82, 2.24) is 5.32 Å². The van der Waals surface area contributed by atoms with Gasteiger partial charge in [-0.25, -0.2) is 4.99 Å². The molecule has 1 heterocycles. The molecule has 0 radical (unpaired) electrons. The third-order valence-electron chi connectivity index (χ3n) is 4.57. The Labute approximate surface area is 209 Å². The second-order valence-corrected chi connectivity index (χ2v) is 6.62. The van der Waals surface area contributed by atoms with E-state index in [2.05, 4.69) is 19.8 Å². The van der Waals surface area contributed by atoms with Crippen LogP contribution < -0.4 is 40.0 Å². The Morgan fingerprint density at radius 2 is 1.62 bits per heavy atom. The monoisotopic (exact) mass is 458 g/mol. The first-order valence-electron chi connectivity index (χ1n) is 9.86. The Bertz CT molecular complexity index is 743. The van der Waals surface area contributed by atoms with E-state index in [4.69, 9.17) is 10.5 Å². The molecule has 0 aromatic carbocycles. The van der Waals surface area contributed by atoms with E-state index in [9.17, 15) is 24.3 Å². The summed E-state index contributed by atoms with van der Waals surface area (Å²) in [5.74, 6) is -2.66. The molecule has 0 aromatic rings. The fraction of sp³-hybridized carbons (Fsp3) is 0.650. The van der Waals surface area contributed by atoms with Crippen LogP contribution in [0.4, 0.5) is 0 Å². The van der Waals surface area contributed by atoms with Gasteiger partial charge in [0.25, 0.3) is 5.91 Å². The van der Waals surface area contributed by atoms with Crippen LogP contribution in [0.25, 0.3) is 0 Å². The Morgan fingerprint density at radius 3 is 2.00 bits per heavy atom. The Morgan fingerprint density at radius 1 is 1.12 bits per heavy atom. The average Bonchev–Trinajstić information content (AvgIpc) is 2.69. The number of hydrogen-bond donors (Lipinski definition) is 1. The van der Waals surface area contributed by atoms with E-state index in [1.807, 2.05) is 13.8 Å². The molecule has 170 valence electrons. The summed E-state index contributed by atoms with van der Waals surface area (Å²) in [6.45, 7) is 5.57. The summed E-state index contributed by atoms with van der Waals surface area (Å²) in [5, 5.41) is 29.4. The van der Waals surface area contributed by atoms with Crippen molar-refractivity contribution in [2.24, 2.45) is 16.3 Å². The van der Waals surface area contributed by atoms with Crippen LogP contribution in [0.1, 0.15) is 59.3 Å². The number of hydrogen-bond acceptors (Lipinski definition) is 9. The summed E-state index contributed by atoms with van der Waals surface area (Å²) in [5.41, 5.74) is -1.15. The topological polar surface area (TPSA) is 182 Å².